The number of rotatable bonds is 4. The number of anilines is 1. The normalized spacial score (nSPS) is 13.7. The molecule has 5 rings (SSSR count). The molecule has 0 unspecified atom stereocenters. The number of carbonyl (C=O) groups is 2. The van der Waals surface area contributed by atoms with Gasteiger partial charge < -0.3 is 15.0 Å². The molecule has 1 saturated carbocycles. The Hall–Kier alpha value is -3.85. The highest BCUT2D eigenvalue weighted by molar-refractivity contribution is 6.35. The third-order valence-corrected chi connectivity index (χ3v) is 5.96. The van der Waals surface area contributed by atoms with Gasteiger partial charge in [-0.3, -0.25) is 20.0 Å². The van der Waals surface area contributed by atoms with Crippen LogP contribution in [0.2, 0.25) is 5.02 Å². The number of benzene rings is 2. The number of fused-ring (bicyclic) bond motifs is 2. The lowest BCUT2D eigenvalue weighted by molar-refractivity contribution is 0.0635. The highest BCUT2D eigenvalue weighted by atomic mass is 35.5. The number of halogens is 1. The molecule has 1 fully saturated rings. The Kier molecular flexibility index (Phi) is 5.52. The van der Waals surface area contributed by atoms with Crippen molar-refractivity contribution in [3.05, 3.63) is 57.5 Å². The number of nitrogens with one attached hydrogen (secondary N) is 4. The summed E-state index contributed by atoms with van der Waals surface area (Å²) in [5.74, 6) is -0.197. The van der Waals surface area contributed by atoms with Gasteiger partial charge in [0.15, 0.2) is 0 Å². The van der Waals surface area contributed by atoms with Crippen LogP contribution < -0.4 is 16.2 Å². The van der Waals surface area contributed by atoms with Crippen molar-refractivity contribution in [2.75, 3.05) is 5.32 Å². The fraction of sp³-hybridized carbons (Fsp3) is 0.280. The molecule has 0 saturated heterocycles. The van der Waals surface area contributed by atoms with Crippen molar-refractivity contribution in [2.24, 2.45) is 0 Å². The van der Waals surface area contributed by atoms with Gasteiger partial charge in [0.1, 0.15) is 11.3 Å². The fourth-order valence-corrected chi connectivity index (χ4v) is 4.16. The van der Waals surface area contributed by atoms with Gasteiger partial charge >= 0.3 is 6.09 Å². The van der Waals surface area contributed by atoms with Crippen LogP contribution in [0.25, 0.3) is 32.9 Å². The van der Waals surface area contributed by atoms with Crippen molar-refractivity contribution in [3.63, 3.8) is 0 Å². The van der Waals surface area contributed by atoms with Crippen LogP contribution >= 0.6 is 11.6 Å². The molecule has 1 aliphatic carbocycles. The van der Waals surface area contributed by atoms with Crippen molar-refractivity contribution < 1.29 is 14.3 Å². The van der Waals surface area contributed by atoms with Gasteiger partial charge in [-0.1, -0.05) is 17.7 Å². The van der Waals surface area contributed by atoms with Gasteiger partial charge in [0.25, 0.3) is 11.5 Å². The van der Waals surface area contributed by atoms with Crippen molar-refractivity contribution >= 4 is 51.1 Å². The van der Waals surface area contributed by atoms with Crippen LogP contribution in [-0.2, 0) is 4.74 Å². The molecule has 4 aromatic rings. The molecule has 2 amide bonds. The van der Waals surface area contributed by atoms with E-state index in [0.717, 1.165) is 12.8 Å². The Morgan fingerprint density at radius 3 is 2.63 bits per heavy atom. The summed E-state index contributed by atoms with van der Waals surface area (Å²) in [6, 6.07) is 8.69. The van der Waals surface area contributed by atoms with Gasteiger partial charge in [-0.05, 0) is 63.4 Å². The van der Waals surface area contributed by atoms with Crippen molar-refractivity contribution in [1.29, 1.82) is 0 Å². The SMILES string of the molecule is CC(C)(C)OC(=O)Nc1c(-c2ccc(Cl)c3[nH]ncc23)c2cc(C(=O)NC3CC3)ccc2[nH]c1=O. The standard InChI is InChI=1S/C25H24ClN5O4/c1-25(2,3)35-24(34)30-21-19(14-7-8-17(26)20-16(14)11-27-31-20)15-10-12(22(32)28-13-5-6-13)4-9-18(15)29-23(21)33/h4,7-11,13H,5-6H2,1-3H3,(H,27,31)(H,28,32)(H,29,33)(H,30,34). The van der Waals surface area contributed by atoms with Gasteiger partial charge in [0, 0.05) is 33.5 Å². The fourth-order valence-electron chi connectivity index (χ4n) is 3.96. The van der Waals surface area contributed by atoms with E-state index in [-0.39, 0.29) is 17.6 Å². The lowest BCUT2D eigenvalue weighted by Gasteiger charge is -2.21. The Bertz CT molecular complexity index is 1550. The van der Waals surface area contributed by atoms with E-state index in [9.17, 15) is 14.4 Å². The first kappa shape index (κ1) is 22.9. The molecule has 9 nitrogen and oxygen atoms in total. The summed E-state index contributed by atoms with van der Waals surface area (Å²) in [7, 11) is 0. The number of amides is 2. The monoisotopic (exact) mass is 493 g/mol. The van der Waals surface area contributed by atoms with E-state index in [1.165, 1.54) is 0 Å². The molecular weight excluding hydrogens is 470 g/mol. The highest BCUT2D eigenvalue weighted by Gasteiger charge is 2.26. The average molecular weight is 494 g/mol. The summed E-state index contributed by atoms with van der Waals surface area (Å²) < 4.78 is 5.40. The van der Waals surface area contributed by atoms with Crippen LogP contribution in [0.4, 0.5) is 10.5 Å². The number of carbonyl (C=O) groups excluding carboxylic acids is 2. The molecule has 180 valence electrons. The number of pyridine rings is 1. The quantitative estimate of drug-likeness (QED) is 0.319. The van der Waals surface area contributed by atoms with Gasteiger partial charge in [0.2, 0.25) is 0 Å². The third-order valence-electron chi connectivity index (χ3n) is 5.65. The predicted octanol–water partition coefficient (Wildman–Crippen LogP) is 4.96. The minimum atomic E-state index is -0.774. The van der Waals surface area contributed by atoms with Gasteiger partial charge in [-0.25, -0.2) is 4.79 Å². The lowest BCUT2D eigenvalue weighted by Crippen LogP contribution is -2.29. The summed E-state index contributed by atoms with van der Waals surface area (Å²) in [4.78, 5) is 41.5. The molecule has 2 aromatic heterocycles. The largest absolute Gasteiger partial charge is 0.444 e. The van der Waals surface area contributed by atoms with E-state index in [1.54, 1.807) is 57.3 Å². The Morgan fingerprint density at radius 1 is 1.14 bits per heavy atom. The van der Waals surface area contributed by atoms with Crippen LogP contribution in [0.1, 0.15) is 44.0 Å². The summed E-state index contributed by atoms with van der Waals surface area (Å²) in [5.41, 5.74) is 1.30. The van der Waals surface area contributed by atoms with Crippen molar-refractivity contribution in [1.82, 2.24) is 20.5 Å². The predicted molar refractivity (Wildman–Crippen MR) is 135 cm³/mol. The second-order valence-corrected chi connectivity index (χ2v) is 10.00. The number of aromatic nitrogens is 3. The smallest absolute Gasteiger partial charge is 0.412 e. The Labute approximate surface area is 205 Å². The molecule has 2 aromatic carbocycles. The first-order valence-electron chi connectivity index (χ1n) is 11.2. The van der Waals surface area contributed by atoms with E-state index in [0.29, 0.717) is 43.5 Å². The molecule has 35 heavy (non-hydrogen) atoms. The van der Waals surface area contributed by atoms with Gasteiger partial charge in [-0.2, -0.15) is 5.10 Å². The number of nitrogens with zero attached hydrogens (tertiary/aromatic N) is 1. The number of hydrogen-bond acceptors (Lipinski definition) is 5. The van der Waals surface area contributed by atoms with Crippen molar-refractivity contribution in [2.45, 2.75) is 45.3 Å². The number of aromatic amines is 2. The molecule has 0 spiro atoms. The first-order chi connectivity index (χ1) is 16.6. The van der Waals surface area contributed by atoms with E-state index < -0.39 is 17.3 Å². The highest BCUT2D eigenvalue weighted by Crippen LogP contribution is 2.39. The second-order valence-electron chi connectivity index (χ2n) is 9.59. The summed E-state index contributed by atoms with van der Waals surface area (Å²) >= 11 is 6.34. The van der Waals surface area contributed by atoms with E-state index in [2.05, 4.69) is 25.8 Å². The van der Waals surface area contributed by atoms with Crippen LogP contribution in [0, 0.1) is 0 Å². The third kappa shape index (κ3) is 4.59. The van der Waals surface area contributed by atoms with Crippen LogP contribution in [-0.4, -0.2) is 38.8 Å². The zero-order valence-corrected chi connectivity index (χ0v) is 20.2. The lowest BCUT2D eigenvalue weighted by atomic mass is 9.95. The van der Waals surface area contributed by atoms with Crippen LogP contribution in [0.3, 0.4) is 0 Å². The molecular formula is C25H24ClN5O4. The van der Waals surface area contributed by atoms with E-state index >= 15 is 0 Å². The molecule has 0 atom stereocenters. The zero-order valence-electron chi connectivity index (χ0n) is 19.4. The average Bonchev–Trinajstić information content (AvgIpc) is 3.44. The minimum Gasteiger partial charge on any atom is -0.444 e. The maximum Gasteiger partial charge on any atom is 0.412 e. The molecule has 1 aliphatic rings. The number of hydrogen-bond donors (Lipinski definition) is 4. The number of ether oxygens (including phenoxy) is 1. The minimum absolute atomic E-state index is 0.00340. The Balaban J connectivity index is 1.75. The molecule has 0 radical (unpaired) electrons. The summed E-state index contributed by atoms with van der Waals surface area (Å²) in [6.45, 7) is 5.20. The molecule has 0 bridgehead atoms. The van der Waals surface area contributed by atoms with Crippen LogP contribution in [0.15, 0.2) is 41.3 Å². The molecule has 0 aliphatic heterocycles. The topological polar surface area (TPSA) is 129 Å². The zero-order chi connectivity index (χ0) is 24.9. The van der Waals surface area contributed by atoms with Crippen molar-refractivity contribution in [3.8, 4) is 11.1 Å². The maximum absolute atomic E-state index is 13.2. The van der Waals surface area contributed by atoms with E-state index in [4.69, 9.17) is 16.3 Å². The van der Waals surface area contributed by atoms with E-state index in [1.807, 2.05) is 0 Å². The molecule has 2 heterocycles. The van der Waals surface area contributed by atoms with Gasteiger partial charge in [0.05, 0.1) is 16.7 Å². The molecule has 4 N–H and O–H groups in total. The first-order valence-corrected chi connectivity index (χ1v) is 11.6. The Morgan fingerprint density at radius 2 is 1.91 bits per heavy atom. The second kappa shape index (κ2) is 8.42. The van der Waals surface area contributed by atoms with Gasteiger partial charge in [-0.15, -0.1) is 0 Å². The summed E-state index contributed by atoms with van der Waals surface area (Å²) in [5, 5.41) is 14.3. The molecule has 10 heteroatoms. The summed E-state index contributed by atoms with van der Waals surface area (Å²) in [6.07, 6.45) is 2.75. The maximum atomic E-state index is 13.2. The number of H-pyrrole nitrogens is 2. The van der Waals surface area contributed by atoms with Crippen LogP contribution in [0.5, 0.6) is 0 Å².